The summed E-state index contributed by atoms with van der Waals surface area (Å²) in [5, 5.41) is 6.27. The monoisotopic (exact) mass is 631 g/mol. The Morgan fingerprint density at radius 2 is 1.57 bits per heavy atom. The van der Waals surface area contributed by atoms with E-state index in [2.05, 4.69) is 10.4 Å². The molecule has 0 spiro atoms. The highest BCUT2D eigenvalue weighted by atomic mass is 19.1. The molecule has 2 aromatic heterocycles. The summed E-state index contributed by atoms with van der Waals surface area (Å²) >= 11 is 0. The zero-order chi connectivity index (χ0) is 32.9. The molecule has 0 unspecified atom stereocenters. The average molecular weight is 632 g/mol. The first-order valence-electron chi connectivity index (χ1n) is 15.2. The van der Waals surface area contributed by atoms with E-state index in [-0.39, 0.29) is 35.9 Å². The summed E-state index contributed by atoms with van der Waals surface area (Å²) in [6.45, 7) is 2.64. The molecule has 0 aliphatic rings. The van der Waals surface area contributed by atoms with Crippen LogP contribution in [0.15, 0.2) is 119 Å². The fraction of sp³-hybridized carbons (Fsp3) is 0.162. The quantitative estimate of drug-likeness (QED) is 0.187. The van der Waals surface area contributed by atoms with E-state index in [0.717, 1.165) is 16.7 Å². The molecule has 2 heterocycles. The summed E-state index contributed by atoms with van der Waals surface area (Å²) in [4.78, 5) is 41.4. The van der Waals surface area contributed by atoms with Crippen molar-refractivity contribution in [2.75, 3.05) is 12.4 Å². The summed E-state index contributed by atoms with van der Waals surface area (Å²) in [5.74, 6) is 0.116. The van der Waals surface area contributed by atoms with Gasteiger partial charge in [0.05, 0.1) is 28.8 Å². The first kappa shape index (κ1) is 31.3. The highest BCUT2D eigenvalue weighted by molar-refractivity contribution is 5.88. The number of hydrogen-bond acceptors (Lipinski definition) is 5. The van der Waals surface area contributed by atoms with Gasteiger partial charge in [-0.2, -0.15) is 0 Å². The van der Waals surface area contributed by atoms with Gasteiger partial charge in [0.25, 0.3) is 11.1 Å². The minimum atomic E-state index is -0.334. The number of anilines is 1. The number of halogens is 1. The topological polar surface area (TPSA) is 101 Å². The standard InChI is InChI=1S/C37H34FN5O4/c1-25(44)39-30-13-7-11-28(19-30)22-42-34(23-41(2)21-27-10-6-12-29(38)18-27)36-33(20-35(42)45)40-43(37(36)46)31-14-16-32(17-15-31)47-24-26-8-4-3-5-9-26/h3-20,40H,21-24H2,1-2H3,(H,39,44). The molecule has 0 bridgehead atoms. The first-order valence-corrected chi connectivity index (χ1v) is 15.2. The van der Waals surface area contributed by atoms with E-state index in [0.29, 0.717) is 46.9 Å². The predicted molar refractivity (Wildman–Crippen MR) is 180 cm³/mol. The molecule has 0 aliphatic carbocycles. The van der Waals surface area contributed by atoms with Crippen molar-refractivity contribution in [3.05, 3.63) is 158 Å². The van der Waals surface area contributed by atoms with Gasteiger partial charge < -0.3 is 14.6 Å². The molecule has 238 valence electrons. The lowest BCUT2D eigenvalue weighted by atomic mass is 10.1. The van der Waals surface area contributed by atoms with Crippen LogP contribution in [0.2, 0.25) is 0 Å². The minimum Gasteiger partial charge on any atom is -0.489 e. The lowest BCUT2D eigenvalue weighted by Gasteiger charge is -2.21. The van der Waals surface area contributed by atoms with E-state index in [1.165, 1.54) is 29.8 Å². The third-order valence-electron chi connectivity index (χ3n) is 7.76. The van der Waals surface area contributed by atoms with Crippen LogP contribution in [0.25, 0.3) is 16.6 Å². The molecule has 2 N–H and O–H groups in total. The van der Waals surface area contributed by atoms with Gasteiger partial charge in [0.2, 0.25) is 5.91 Å². The number of carbonyl (C=O) groups is 1. The molecule has 6 aromatic rings. The number of carbonyl (C=O) groups excluding carboxylic acids is 1. The van der Waals surface area contributed by atoms with Gasteiger partial charge in [-0.3, -0.25) is 24.4 Å². The van der Waals surface area contributed by atoms with E-state index in [1.807, 2.05) is 54.4 Å². The van der Waals surface area contributed by atoms with Crippen LogP contribution in [0.4, 0.5) is 10.1 Å². The van der Waals surface area contributed by atoms with Crippen molar-refractivity contribution in [3.63, 3.8) is 0 Å². The smallest absolute Gasteiger partial charge is 0.280 e. The van der Waals surface area contributed by atoms with Crippen molar-refractivity contribution in [2.24, 2.45) is 0 Å². The van der Waals surface area contributed by atoms with Crippen molar-refractivity contribution in [2.45, 2.75) is 33.2 Å². The maximum absolute atomic E-state index is 14.1. The minimum absolute atomic E-state index is 0.170. The Kier molecular flexibility index (Phi) is 9.12. The number of fused-ring (bicyclic) bond motifs is 1. The number of H-pyrrole nitrogens is 1. The van der Waals surface area contributed by atoms with E-state index < -0.39 is 0 Å². The second-order valence-corrected chi connectivity index (χ2v) is 11.5. The Morgan fingerprint density at radius 1 is 0.851 bits per heavy atom. The molecule has 0 saturated carbocycles. The fourth-order valence-electron chi connectivity index (χ4n) is 5.65. The average Bonchev–Trinajstić information content (AvgIpc) is 3.37. The molecule has 9 nitrogen and oxygen atoms in total. The fourth-order valence-corrected chi connectivity index (χ4v) is 5.65. The molecule has 4 aromatic carbocycles. The van der Waals surface area contributed by atoms with Crippen molar-refractivity contribution < 1.29 is 13.9 Å². The highest BCUT2D eigenvalue weighted by Gasteiger charge is 2.20. The van der Waals surface area contributed by atoms with Gasteiger partial charge >= 0.3 is 0 Å². The Balaban J connectivity index is 1.37. The summed E-state index contributed by atoms with van der Waals surface area (Å²) in [6.07, 6.45) is 0. The van der Waals surface area contributed by atoms with E-state index in [9.17, 15) is 18.8 Å². The van der Waals surface area contributed by atoms with Gasteiger partial charge in [-0.05, 0) is 72.3 Å². The Morgan fingerprint density at radius 3 is 2.32 bits per heavy atom. The van der Waals surface area contributed by atoms with Crippen LogP contribution < -0.4 is 21.2 Å². The number of benzene rings is 4. The molecule has 6 rings (SSSR count). The van der Waals surface area contributed by atoms with Crippen molar-refractivity contribution in [3.8, 4) is 11.4 Å². The lowest BCUT2D eigenvalue weighted by molar-refractivity contribution is -0.114. The van der Waals surface area contributed by atoms with Crippen LogP contribution in [0.5, 0.6) is 5.75 Å². The van der Waals surface area contributed by atoms with Crippen LogP contribution in [0.1, 0.15) is 29.3 Å². The maximum Gasteiger partial charge on any atom is 0.280 e. The number of rotatable bonds is 11. The SMILES string of the molecule is CC(=O)Nc1cccc(Cn2c(CN(C)Cc3cccc(F)c3)c3c(=O)n(-c4ccc(OCc5ccccc5)cc4)[nH]c3cc2=O)c1. The molecule has 47 heavy (non-hydrogen) atoms. The highest BCUT2D eigenvalue weighted by Crippen LogP contribution is 2.21. The largest absolute Gasteiger partial charge is 0.489 e. The van der Waals surface area contributed by atoms with Crippen molar-refractivity contribution >= 4 is 22.5 Å². The van der Waals surface area contributed by atoms with Crippen LogP contribution in [0, 0.1) is 5.82 Å². The molecule has 0 fully saturated rings. The summed E-state index contributed by atoms with van der Waals surface area (Å²) in [5.41, 5.74) is 4.07. The summed E-state index contributed by atoms with van der Waals surface area (Å²) in [6, 6.07) is 32.0. The Labute approximate surface area is 270 Å². The number of pyridine rings is 1. The van der Waals surface area contributed by atoms with Crippen LogP contribution in [-0.2, 0) is 31.0 Å². The predicted octanol–water partition coefficient (Wildman–Crippen LogP) is 5.84. The molecular weight excluding hydrogens is 597 g/mol. The number of amides is 1. The number of hydrogen-bond donors (Lipinski definition) is 2. The maximum atomic E-state index is 14.1. The van der Waals surface area contributed by atoms with Crippen LogP contribution in [-0.4, -0.2) is 32.2 Å². The molecule has 1 amide bonds. The Bertz CT molecular complexity index is 2150. The van der Waals surface area contributed by atoms with E-state index in [4.69, 9.17) is 4.74 Å². The van der Waals surface area contributed by atoms with Gasteiger partial charge in [0.1, 0.15) is 18.2 Å². The lowest BCUT2D eigenvalue weighted by Crippen LogP contribution is -2.29. The van der Waals surface area contributed by atoms with E-state index in [1.54, 1.807) is 53.1 Å². The van der Waals surface area contributed by atoms with Crippen molar-refractivity contribution in [1.29, 1.82) is 0 Å². The van der Waals surface area contributed by atoms with Gasteiger partial charge in [0.15, 0.2) is 0 Å². The first-order chi connectivity index (χ1) is 22.7. The molecule has 10 heteroatoms. The van der Waals surface area contributed by atoms with Crippen LogP contribution in [0.3, 0.4) is 0 Å². The summed E-state index contributed by atoms with van der Waals surface area (Å²) in [7, 11) is 1.86. The van der Waals surface area contributed by atoms with Gasteiger partial charge in [-0.15, -0.1) is 0 Å². The molecule has 0 saturated heterocycles. The number of nitrogens with zero attached hydrogens (tertiary/aromatic N) is 3. The second-order valence-electron chi connectivity index (χ2n) is 11.5. The second kappa shape index (κ2) is 13.7. The van der Waals surface area contributed by atoms with Crippen LogP contribution >= 0.6 is 0 Å². The normalized spacial score (nSPS) is 11.2. The number of nitrogens with one attached hydrogen (secondary N) is 2. The molecular formula is C37H34FN5O4. The molecule has 0 aliphatic heterocycles. The zero-order valence-corrected chi connectivity index (χ0v) is 26.1. The number of aromatic amines is 1. The number of aromatic nitrogens is 3. The summed E-state index contributed by atoms with van der Waals surface area (Å²) < 4.78 is 22.9. The zero-order valence-electron chi connectivity index (χ0n) is 26.1. The Hall–Kier alpha value is -5.74. The van der Waals surface area contributed by atoms with E-state index >= 15 is 0 Å². The number of ether oxygens (including phenoxy) is 1. The molecule has 0 radical (unpaired) electrons. The van der Waals surface area contributed by atoms with Gasteiger partial charge in [-0.25, -0.2) is 9.07 Å². The van der Waals surface area contributed by atoms with Gasteiger partial charge in [0, 0.05) is 31.8 Å². The van der Waals surface area contributed by atoms with Crippen molar-refractivity contribution in [1.82, 2.24) is 19.2 Å². The van der Waals surface area contributed by atoms with Gasteiger partial charge in [-0.1, -0.05) is 54.6 Å². The third-order valence-corrected chi connectivity index (χ3v) is 7.76. The molecule has 0 atom stereocenters. The third kappa shape index (κ3) is 7.40.